The zero-order valence-electron chi connectivity index (χ0n) is 10.8. The standard InChI is InChI=1S/C14H20BrFN2/c1-2-3-14(18-8-6-17-7-9-18)12-10-11(16)4-5-13(12)15/h4-5,10,14,17H,2-3,6-9H2,1H3/t14-/m1/s1. The minimum atomic E-state index is -0.149. The normalized spacial score (nSPS) is 18.8. The summed E-state index contributed by atoms with van der Waals surface area (Å²) in [5.74, 6) is -0.149. The summed E-state index contributed by atoms with van der Waals surface area (Å²) in [5.41, 5.74) is 1.08. The monoisotopic (exact) mass is 314 g/mol. The van der Waals surface area contributed by atoms with Crippen molar-refractivity contribution in [3.8, 4) is 0 Å². The van der Waals surface area contributed by atoms with Crippen molar-refractivity contribution in [1.82, 2.24) is 10.2 Å². The van der Waals surface area contributed by atoms with E-state index in [1.807, 2.05) is 6.07 Å². The summed E-state index contributed by atoms with van der Waals surface area (Å²) >= 11 is 3.56. The molecule has 0 aliphatic carbocycles. The van der Waals surface area contributed by atoms with Crippen LogP contribution < -0.4 is 5.32 Å². The van der Waals surface area contributed by atoms with Gasteiger partial charge in [0.15, 0.2) is 0 Å². The van der Waals surface area contributed by atoms with Gasteiger partial charge in [0.1, 0.15) is 5.82 Å². The Balaban J connectivity index is 2.24. The number of rotatable bonds is 4. The second-order valence-corrected chi connectivity index (χ2v) is 5.61. The molecule has 0 unspecified atom stereocenters. The first-order chi connectivity index (χ1) is 8.72. The molecule has 1 atom stereocenters. The third kappa shape index (κ3) is 3.31. The van der Waals surface area contributed by atoms with E-state index in [9.17, 15) is 4.39 Å². The van der Waals surface area contributed by atoms with Crippen molar-refractivity contribution in [2.75, 3.05) is 26.2 Å². The van der Waals surface area contributed by atoms with E-state index in [2.05, 4.69) is 33.1 Å². The molecule has 1 heterocycles. The van der Waals surface area contributed by atoms with E-state index in [1.165, 1.54) is 6.07 Å². The highest BCUT2D eigenvalue weighted by Crippen LogP contribution is 2.32. The second kappa shape index (κ2) is 6.64. The zero-order valence-corrected chi connectivity index (χ0v) is 12.3. The smallest absolute Gasteiger partial charge is 0.123 e. The van der Waals surface area contributed by atoms with Crippen LogP contribution in [0.3, 0.4) is 0 Å². The van der Waals surface area contributed by atoms with Crippen LogP contribution in [0, 0.1) is 5.82 Å². The third-order valence-electron chi connectivity index (χ3n) is 3.47. The van der Waals surface area contributed by atoms with Crippen LogP contribution in [0.5, 0.6) is 0 Å². The lowest BCUT2D eigenvalue weighted by atomic mass is 10.00. The molecule has 2 nitrogen and oxygen atoms in total. The van der Waals surface area contributed by atoms with Gasteiger partial charge in [0.25, 0.3) is 0 Å². The molecule has 18 heavy (non-hydrogen) atoms. The van der Waals surface area contributed by atoms with E-state index in [0.717, 1.165) is 49.1 Å². The summed E-state index contributed by atoms with van der Waals surface area (Å²) in [6, 6.07) is 5.32. The van der Waals surface area contributed by atoms with Gasteiger partial charge in [-0.3, -0.25) is 4.90 Å². The van der Waals surface area contributed by atoms with Crippen LogP contribution in [-0.4, -0.2) is 31.1 Å². The summed E-state index contributed by atoms with van der Waals surface area (Å²) in [6.07, 6.45) is 2.18. The Bertz CT molecular complexity index is 391. The summed E-state index contributed by atoms with van der Waals surface area (Å²) < 4.78 is 14.5. The molecule has 0 bridgehead atoms. The highest BCUT2D eigenvalue weighted by atomic mass is 79.9. The van der Waals surface area contributed by atoms with Gasteiger partial charge >= 0.3 is 0 Å². The van der Waals surface area contributed by atoms with Gasteiger partial charge in [-0.05, 0) is 30.2 Å². The molecular weight excluding hydrogens is 295 g/mol. The van der Waals surface area contributed by atoms with Crippen LogP contribution in [0.25, 0.3) is 0 Å². The van der Waals surface area contributed by atoms with Crippen LogP contribution in [0.2, 0.25) is 0 Å². The minimum Gasteiger partial charge on any atom is -0.314 e. The number of benzene rings is 1. The summed E-state index contributed by atoms with van der Waals surface area (Å²) in [6.45, 7) is 6.30. The number of hydrogen-bond acceptors (Lipinski definition) is 2. The van der Waals surface area contributed by atoms with Crippen LogP contribution in [0.15, 0.2) is 22.7 Å². The Hall–Kier alpha value is -0.450. The Kier molecular flexibility index (Phi) is 5.15. The van der Waals surface area contributed by atoms with Crippen molar-refractivity contribution < 1.29 is 4.39 Å². The number of hydrogen-bond donors (Lipinski definition) is 1. The number of nitrogens with zero attached hydrogens (tertiary/aromatic N) is 1. The average molecular weight is 315 g/mol. The molecule has 1 fully saturated rings. The highest BCUT2D eigenvalue weighted by molar-refractivity contribution is 9.10. The van der Waals surface area contributed by atoms with Crippen molar-refractivity contribution in [3.05, 3.63) is 34.1 Å². The molecular formula is C14H20BrFN2. The third-order valence-corrected chi connectivity index (χ3v) is 4.19. The van der Waals surface area contributed by atoms with Crippen molar-refractivity contribution in [1.29, 1.82) is 0 Å². The van der Waals surface area contributed by atoms with Gasteiger partial charge in [-0.1, -0.05) is 29.3 Å². The topological polar surface area (TPSA) is 15.3 Å². The Morgan fingerprint density at radius 2 is 2.11 bits per heavy atom. The summed E-state index contributed by atoms with van der Waals surface area (Å²) in [4.78, 5) is 2.46. The molecule has 1 N–H and O–H groups in total. The predicted molar refractivity (Wildman–Crippen MR) is 76.2 cm³/mol. The van der Waals surface area contributed by atoms with Crippen molar-refractivity contribution in [2.24, 2.45) is 0 Å². The van der Waals surface area contributed by atoms with E-state index < -0.39 is 0 Å². The molecule has 0 spiro atoms. The maximum Gasteiger partial charge on any atom is 0.123 e. The van der Waals surface area contributed by atoms with Gasteiger partial charge in [-0.2, -0.15) is 0 Å². The van der Waals surface area contributed by atoms with E-state index in [4.69, 9.17) is 0 Å². The van der Waals surface area contributed by atoms with Crippen LogP contribution in [0.4, 0.5) is 4.39 Å². The van der Waals surface area contributed by atoms with Crippen LogP contribution in [-0.2, 0) is 0 Å². The number of halogens is 2. The highest BCUT2D eigenvalue weighted by Gasteiger charge is 2.23. The lowest BCUT2D eigenvalue weighted by Crippen LogP contribution is -2.45. The fourth-order valence-corrected chi connectivity index (χ4v) is 3.08. The molecule has 0 radical (unpaired) electrons. The molecule has 1 aromatic rings. The fraction of sp³-hybridized carbons (Fsp3) is 0.571. The Morgan fingerprint density at radius 1 is 1.39 bits per heavy atom. The minimum absolute atomic E-state index is 0.149. The van der Waals surface area contributed by atoms with Crippen molar-refractivity contribution in [3.63, 3.8) is 0 Å². The van der Waals surface area contributed by atoms with Gasteiger partial charge in [0, 0.05) is 36.7 Å². The molecule has 1 saturated heterocycles. The average Bonchev–Trinajstić information content (AvgIpc) is 2.40. The lowest BCUT2D eigenvalue weighted by Gasteiger charge is -2.35. The van der Waals surface area contributed by atoms with Gasteiger partial charge in [-0.15, -0.1) is 0 Å². The van der Waals surface area contributed by atoms with E-state index in [-0.39, 0.29) is 5.82 Å². The van der Waals surface area contributed by atoms with Crippen molar-refractivity contribution >= 4 is 15.9 Å². The van der Waals surface area contributed by atoms with Gasteiger partial charge < -0.3 is 5.32 Å². The molecule has 1 aromatic carbocycles. The molecule has 0 saturated carbocycles. The predicted octanol–water partition coefficient (Wildman–Crippen LogP) is 3.33. The number of nitrogens with one attached hydrogen (secondary N) is 1. The molecule has 1 aliphatic heterocycles. The summed E-state index contributed by atoms with van der Waals surface area (Å²) in [5, 5.41) is 3.36. The Morgan fingerprint density at radius 3 is 2.78 bits per heavy atom. The van der Waals surface area contributed by atoms with Crippen LogP contribution in [0.1, 0.15) is 31.4 Å². The maximum atomic E-state index is 13.5. The van der Waals surface area contributed by atoms with Crippen LogP contribution >= 0.6 is 15.9 Å². The van der Waals surface area contributed by atoms with Gasteiger partial charge in [-0.25, -0.2) is 4.39 Å². The van der Waals surface area contributed by atoms with Gasteiger partial charge in [0.2, 0.25) is 0 Å². The molecule has 100 valence electrons. The second-order valence-electron chi connectivity index (χ2n) is 4.76. The lowest BCUT2D eigenvalue weighted by molar-refractivity contribution is 0.164. The Labute approximate surface area is 117 Å². The fourth-order valence-electron chi connectivity index (χ4n) is 2.57. The van der Waals surface area contributed by atoms with Crippen molar-refractivity contribution in [2.45, 2.75) is 25.8 Å². The SMILES string of the molecule is CCC[C@H](c1cc(F)ccc1Br)N1CCNCC1. The zero-order chi connectivity index (χ0) is 13.0. The first kappa shape index (κ1) is 14.0. The molecule has 2 rings (SSSR count). The maximum absolute atomic E-state index is 13.5. The molecule has 0 amide bonds. The first-order valence-electron chi connectivity index (χ1n) is 6.62. The van der Waals surface area contributed by atoms with E-state index in [0.29, 0.717) is 6.04 Å². The molecule has 1 aliphatic rings. The molecule has 0 aromatic heterocycles. The van der Waals surface area contributed by atoms with Gasteiger partial charge in [0.05, 0.1) is 0 Å². The summed E-state index contributed by atoms with van der Waals surface area (Å²) in [7, 11) is 0. The van der Waals surface area contributed by atoms with E-state index >= 15 is 0 Å². The first-order valence-corrected chi connectivity index (χ1v) is 7.41. The number of piperazine rings is 1. The van der Waals surface area contributed by atoms with E-state index in [1.54, 1.807) is 6.07 Å². The largest absolute Gasteiger partial charge is 0.314 e. The molecule has 4 heteroatoms. The quantitative estimate of drug-likeness (QED) is 0.917.